The Bertz CT molecular complexity index is 69.9. The maximum absolute atomic E-state index is 8.58. The Morgan fingerprint density at radius 2 is 2.67 bits per heavy atom. The van der Waals surface area contributed by atoms with Gasteiger partial charge < -0.3 is 10.4 Å². The third-order valence-electron chi connectivity index (χ3n) is 0.763. The topological polar surface area (TPSA) is 32.3 Å². The zero-order chi connectivity index (χ0) is 4.41. The van der Waals surface area contributed by atoms with Crippen LogP contribution in [0.25, 0.3) is 0 Å². The minimum Gasteiger partial charge on any atom is -0.388 e. The minimum atomic E-state index is -0.245. The fourth-order valence-corrected chi connectivity index (χ4v) is 0.436. The molecule has 0 aromatic rings. The number of hydrogen-bond acceptors (Lipinski definition) is 2. The SMILES string of the molecule is OC1C=CNC1. The Morgan fingerprint density at radius 3 is 2.83 bits per heavy atom. The lowest BCUT2D eigenvalue weighted by Crippen LogP contribution is -2.11. The molecule has 6 heavy (non-hydrogen) atoms. The second-order valence-electron chi connectivity index (χ2n) is 1.33. The van der Waals surface area contributed by atoms with Gasteiger partial charge in [-0.05, 0) is 12.3 Å². The lowest BCUT2D eigenvalue weighted by atomic mass is 10.4. The van der Waals surface area contributed by atoms with Gasteiger partial charge in [-0.3, -0.25) is 0 Å². The van der Waals surface area contributed by atoms with Gasteiger partial charge in [-0.15, -0.1) is 0 Å². The van der Waals surface area contributed by atoms with Gasteiger partial charge in [0.1, 0.15) is 0 Å². The van der Waals surface area contributed by atoms with Crippen molar-refractivity contribution < 1.29 is 5.11 Å². The second kappa shape index (κ2) is 1.30. The third kappa shape index (κ3) is 0.518. The summed E-state index contributed by atoms with van der Waals surface area (Å²) >= 11 is 0. The van der Waals surface area contributed by atoms with Gasteiger partial charge in [0.05, 0.1) is 6.10 Å². The third-order valence-corrected chi connectivity index (χ3v) is 0.763. The Balaban J connectivity index is 2.38. The van der Waals surface area contributed by atoms with Crippen LogP contribution in [-0.2, 0) is 0 Å². The summed E-state index contributed by atoms with van der Waals surface area (Å²) in [5.74, 6) is 0. The van der Waals surface area contributed by atoms with Crippen LogP contribution in [-0.4, -0.2) is 17.8 Å². The van der Waals surface area contributed by atoms with Gasteiger partial charge in [0, 0.05) is 6.54 Å². The van der Waals surface area contributed by atoms with E-state index in [4.69, 9.17) is 5.11 Å². The Hall–Kier alpha value is -0.500. The molecule has 2 heteroatoms. The van der Waals surface area contributed by atoms with Crippen molar-refractivity contribution in [3.05, 3.63) is 12.3 Å². The Morgan fingerprint density at radius 1 is 1.83 bits per heavy atom. The van der Waals surface area contributed by atoms with Crippen LogP contribution < -0.4 is 5.32 Å². The van der Waals surface area contributed by atoms with E-state index in [0.717, 1.165) is 0 Å². The zero-order valence-corrected chi connectivity index (χ0v) is 3.39. The van der Waals surface area contributed by atoms with E-state index >= 15 is 0 Å². The van der Waals surface area contributed by atoms with E-state index in [1.807, 2.05) is 0 Å². The highest BCUT2D eigenvalue weighted by molar-refractivity contribution is 4.95. The number of β-amino-alcohol motifs (C(OH)–C–C–N with tert-alkyl or cyclic N) is 1. The van der Waals surface area contributed by atoms with Crippen LogP contribution in [0.3, 0.4) is 0 Å². The van der Waals surface area contributed by atoms with Crippen molar-refractivity contribution in [2.45, 2.75) is 6.10 Å². The van der Waals surface area contributed by atoms with Crippen molar-refractivity contribution >= 4 is 0 Å². The smallest absolute Gasteiger partial charge is 0.0909 e. The van der Waals surface area contributed by atoms with Crippen molar-refractivity contribution in [3.63, 3.8) is 0 Å². The summed E-state index contributed by atoms with van der Waals surface area (Å²) in [7, 11) is 0. The van der Waals surface area contributed by atoms with Gasteiger partial charge in [-0.2, -0.15) is 0 Å². The molecule has 0 spiro atoms. The van der Waals surface area contributed by atoms with Crippen LogP contribution in [0.4, 0.5) is 0 Å². The molecule has 2 N–H and O–H groups in total. The van der Waals surface area contributed by atoms with Crippen LogP contribution in [0.15, 0.2) is 12.3 Å². The summed E-state index contributed by atoms with van der Waals surface area (Å²) in [6.07, 6.45) is 3.23. The predicted octanol–water partition coefficient (Wildman–Crippen LogP) is -0.536. The summed E-state index contributed by atoms with van der Waals surface area (Å²) in [6, 6.07) is 0. The first-order chi connectivity index (χ1) is 2.89. The minimum absolute atomic E-state index is 0.245. The van der Waals surface area contributed by atoms with Crippen LogP contribution in [0.1, 0.15) is 0 Å². The lowest BCUT2D eigenvalue weighted by Gasteiger charge is -1.90. The van der Waals surface area contributed by atoms with Crippen LogP contribution in [0, 0.1) is 0 Å². The molecule has 1 rings (SSSR count). The first-order valence-corrected chi connectivity index (χ1v) is 1.98. The Kier molecular flexibility index (Phi) is 0.801. The molecule has 1 heterocycles. The monoisotopic (exact) mass is 85.1 g/mol. The summed E-state index contributed by atoms with van der Waals surface area (Å²) in [5.41, 5.74) is 0. The molecule has 0 amide bonds. The van der Waals surface area contributed by atoms with Crippen LogP contribution in [0.2, 0.25) is 0 Å². The lowest BCUT2D eigenvalue weighted by molar-refractivity contribution is 0.234. The molecule has 0 saturated carbocycles. The van der Waals surface area contributed by atoms with Gasteiger partial charge in [-0.25, -0.2) is 0 Å². The van der Waals surface area contributed by atoms with E-state index in [1.54, 1.807) is 12.3 Å². The fourth-order valence-electron chi connectivity index (χ4n) is 0.436. The first kappa shape index (κ1) is 3.68. The van der Waals surface area contributed by atoms with Gasteiger partial charge >= 0.3 is 0 Å². The van der Waals surface area contributed by atoms with Crippen LogP contribution in [0.5, 0.6) is 0 Å². The maximum atomic E-state index is 8.58. The largest absolute Gasteiger partial charge is 0.388 e. The molecular formula is C4H7NO. The summed E-state index contributed by atoms with van der Waals surface area (Å²) in [6.45, 7) is 0.681. The number of hydrogen-bond donors (Lipinski definition) is 2. The first-order valence-electron chi connectivity index (χ1n) is 1.98. The molecule has 1 aliphatic heterocycles. The van der Waals surface area contributed by atoms with Crippen molar-refractivity contribution in [2.24, 2.45) is 0 Å². The molecule has 0 aromatic heterocycles. The fraction of sp³-hybridized carbons (Fsp3) is 0.500. The van der Waals surface area contributed by atoms with Crippen molar-refractivity contribution in [2.75, 3.05) is 6.54 Å². The Labute approximate surface area is 36.5 Å². The number of aliphatic hydroxyl groups excluding tert-OH is 1. The average Bonchev–Trinajstić information content (AvgIpc) is 1.86. The molecule has 1 aliphatic rings. The summed E-state index contributed by atoms with van der Waals surface area (Å²) in [4.78, 5) is 0. The molecule has 0 radical (unpaired) electrons. The number of nitrogens with one attached hydrogen (secondary N) is 1. The molecule has 0 aromatic carbocycles. The molecule has 1 unspecified atom stereocenters. The van der Waals surface area contributed by atoms with Crippen LogP contribution >= 0.6 is 0 Å². The van der Waals surface area contributed by atoms with E-state index in [-0.39, 0.29) is 6.10 Å². The quantitative estimate of drug-likeness (QED) is 0.414. The molecular weight excluding hydrogens is 78.0 g/mol. The summed E-state index contributed by atoms with van der Waals surface area (Å²) in [5, 5.41) is 11.4. The maximum Gasteiger partial charge on any atom is 0.0909 e. The molecule has 0 aliphatic carbocycles. The standard InChI is InChI=1S/C4H7NO/c6-4-1-2-5-3-4/h1-2,4-6H,3H2. The summed E-state index contributed by atoms with van der Waals surface area (Å²) < 4.78 is 0. The molecule has 0 saturated heterocycles. The normalized spacial score (nSPS) is 30.5. The van der Waals surface area contributed by atoms with Gasteiger partial charge in [0.2, 0.25) is 0 Å². The van der Waals surface area contributed by atoms with E-state index < -0.39 is 0 Å². The molecule has 1 atom stereocenters. The predicted molar refractivity (Wildman–Crippen MR) is 23.1 cm³/mol. The van der Waals surface area contributed by atoms with E-state index in [9.17, 15) is 0 Å². The van der Waals surface area contributed by atoms with E-state index in [1.165, 1.54) is 0 Å². The second-order valence-corrected chi connectivity index (χ2v) is 1.33. The molecule has 0 fully saturated rings. The average molecular weight is 85.1 g/mol. The van der Waals surface area contributed by atoms with Gasteiger partial charge in [-0.1, -0.05) is 0 Å². The van der Waals surface area contributed by atoms with E-state index in [2.05, 4.69) is 5.32 Å². The highest BCUT2D eigenvalue weighted by Crippen LogP contribution is 1.87. The number of rotatable bonds is 0. The highest BCUT2D eigenvalue weighted by atomic mass is 16.3. The molecule has 2 nitrogen and oxygen atoms in total. The van der Waals surface area contributed by atoms with Crippen molar-refractivity contribution in [3.8, 4) is 0 Å². The molecule has 34 valence electrons. The van der Waals surface area contributed by atoms with Crippen molar-refractivity contribution in [1.29, 1.82) is 0 Å². The highest BCUT2D eigenvalue weighted by Gasteiger charge is 1.99. The zero-order valence-electron chi connectivity index (χ0n) is 3.39. The molecule has 0 bridgehead atoms. The van der Waals surface area contributed by atoms with Gasteiger partial charge in [0.25, 0.3) is 0 Å². The van der Waals surface area contributed by atoms with Gasteiger partial charge in [0.15, 0.2) is 0 Å². The van der Waals surface area contributed by atoms with Crippen molar-refractivity contribution in [1.82, 2.24) is 5.32 Å². The van der Waals surface area contributed by atoms with E-state index in [0.29, 0.717) is 6.54 Å². The number of aliphatic hydroxyl groups is 1.